The van der Waals surface area contributed by atoms with E-state index in [1.807, 2.05) is 19.1 Å². The lowest BCUT2D eigenvalue weighted by molar-refractivity contribution is -0.384. The topological polar surface area (TPSA) is 55.6 Å². The van der Waals surface area contributed by atoms with Gasteiger partial charge in [0.1, 0.15) is 11.3 Å². The predicted molar refractivity (Wildman–Crippen MR) is 92.4 cm³/mol. The lowest BCUT2D eigenvalue weighted by Crippen LogP contribution is -2.49. The number of nitro groups is 1. The Morgan fingerprint density at radius 2 is 2.04 bits per heavy atom. The zero-order valence-electron chi connectivity index (χ0n) is 13.7. The Kier molecular flexibility index (Phi) is 3.53. The fourth-order valence-corrected chi connectivity index (χ4v) is 4.15. The molecule has 1 atom stereocenters. The minimum Gasteiger partial charge on any atom is -0.367 e. The van der Waals surface area contributed by atoms with E-state index in [9.17, 15) is 10.1 Å². The van der Waals surface area contributed by atoms with E-state index in [0.29, 0.717) is 19.7 Å². The van der Waals surface area contributed by atoms with Crippen LogP contribution in [0.1, 0.15) is 23.1 Å². The lowest BCUT2D eigenvalue weighted by atomic mass is 9.93. The van der Waals surface area contributed by atoms with Crippen molar-refractivity contribution in [3.8, 4) is 0 Å². The smallest absolute Gasteiger partial charge is 0.292 e. The van der Waals surface area contributed by atoms with Gasteiger partial charge < -0.3 is 9.64 Å². The number of hydrogen-bond donors (Lipinski definition) is 0. The molecule has 0 radical (unpaired) electrons. The molecule has 2 aromatic carbocycles. The first kappa shape index (κ1) is 15.1. The molecule has 0 bridgehead atoms. The molecule has 124 valence electrons. The van der Waals surface area contributed by atoms with Gasteiger partial charge in [0.15, 0.2) is 0 Å². The number of benzene rings is 2. The predicted octanol–water partition coefficient (Wildman–Crippen LogP) is 3.58. The van der Waals surface area contributed by atoms with Crippen LogP contribution in [-0.2, 0) is 16.8 Å². The normalized spacial score (nSPS) is 22.6. The number of hydrogen-bond acceptors (Lipinski definition) is 4. The molecule has 0 amide bonds. The highest BCUT2D eigenvalue weighted by molar-refractivity contribution is 5.68. The molecule has 1 heterocycles. The molecular formula is C19H20N2O3. The Morgan fingerprint density at radius 3 is 2.88 bits per heavy atom. The summed E-state index contributed by atoms with van der Waals surface area (Å²) in [6.07, 6.45) is 1.93. The second-order valence-corrected chi connectivity index (χ2v) is 6.62. The Bertz CT molecular complexity index is 801. The molecule has 2 aromatic rings. The van der Waals surface area contributed by atoms with Crippen LogP contribution < -0.4 is 4.90 Å². The summed E-state index contributed by atoms with van der Waals surface area (Å²) >= 11 is 0. The maximum absolute atomic E-state index is 11.5. The van der Waals surface area contributed by atoms with Crippen LogP contribution in [0, 0.1) is 17.0 Å². The van der Waals surface area contributed by atoms with Crippen molar-refractivity contribution in [3.63, 3.8) is 0 Å². The summed E-state index contributed by atoms with van der Waals surface area (Å²) in [5.41, 5.74) is 4.08. The Labute approximate surface area is 141 Å². The molecule has 2 aliphatic rings. The first-order chi connectivity index (χ1) is 11.6. The third kappa shape index (κ3) is 2.27. The van der Waals surface area contributed by atoms with Crippen molar-refractivity contribution in [2.45, 2.75) is 25.4 Å². The van der Waals surface area contributed by atoms with Crippen LogP contribution in [0.3, 0.4) is 0 Å². The van der Waals surface area contributed by atoms with Gasteiger partial charge in [0, 0.05) is 12.6 Å². The standard InChI is InChI=1S/C19H20N2O3/c1-14-5-4-8-17(21(22)23)18(14)20-11-12-24-19(13-20)10-9-15-6-2-3-7-16(15)19/h2-8H,9-13H2,1H3. The van der Waals surface area contributed by atoms with E-state index in [2.05, 4.69) is 23.1 Å². The summed E-state index contributed by atoms with van der Waals surface area (Å²) in [6.45, 7) is 3.86. The number of nitrogens with zero attached hydrogens (tertiary/aromatic N) is 2. The summed E-state index contributed by atoms with van der Waals surface area (Å²) in [6, 6.07) is 13.7. The van der Waals surface area contributed by atoms with Crippen molar-refractivity contribution in [3.05, 3.63) is 69.3 Å². The van der Waals surface area contributed by atoms with E-state index in [1.54, 1.807) is 12.1 Å². The summed E-state index contributed by atoms with van der Waals surface area (Å²) in [4.78, 5) is 13.3. The van der Waals surface area contributed by atoms with Crippen LogP contribution in [0.5, 0.6) is 0 Å². The zero-order chi connectivity index (χ0) is 16.7. The Hall–Kier alpha value is -2.40. The van der Waals surface area contributed by atoms with Crippen LogP contribution in [0.25, 0.3) is 0 Å². The highest BCUT2D eigenvalue weighted by Crippen LogP contribution is 2.44. The number of ether oxygens (including phenoxy) is 1. The van der Waals surface area contributed by atoms with Crippen molar-refractivity contribution in [2.75, 3.05) is 24.6 Å². The number of anilines is 1. The molecule has 0 saturated carbocycles. The quantitative estimate of drug-likeness (QED) is 0.626. The number of rotatable bonds is 2. The van der Waals surface area contributed by atoms with Gasteiger partial charge in [-0.05, 0) is 36.5 Å². The molecule has 5 heteroatoms. The summed E-state index contributed by atoms with van der Waals surface area (Å²) in [7, 11) is 0. The molecular weight excluding hydrogens is 304 g/mol. The minimum atomic E-state index is -0.342. The number of para-hydroxylation sites is 1. The van der Waals surface area contributed by atoms with Gasteiger partial charge in [-0.3, -0.25) is 10.1 Å². The molecule has 1 aliphatic heterocycles. The summed E-state index contributed by atoms with van der Waals surface area (Å²) < 4.78 is 6.23. The Morgan fingerprint density at radius 1 is 1.21 bits per heavy atom. The molecule has 5 nitrogen and oxygen atoms in total. The number of morpholine rings is 1. The average molecular weight is 324 g/mol. The first-order valence-corrected chi connectivity index (χ1v) is 8.32. The van der Waals surface area contributed by atoms with Gasteiger partial charge in [-0.2, -0.15) is 0 Å². The number of aryl methyl sites for hydroxylation is 2. The maximum Gasteiger partial charge on any atom is 0.292 e. The fourth-order valence-electron chi connectivity index (χ4n) is 4.15. The summed E-state index contributed by atoms with van der Waals surface area (Å²) in [5.74, 6) is 0. The van der Waals surface area contributed by atoms with Crippen LogP contribution >= 0.6 is 0 Å². The molecule has 1 fully saturated rings. The molecule has 0 N–H and O–H groups in total. The van der Waals surface area contributed by atoms with E-state index < -0.39 is 0 Å². The van der Waals surface area contributed by atoms with E-state index >= 15 is 0 Å². The molecule has 1 aliphatic carbocycles. The van der Waals surface area contributed by atoms with Gasteiger partial charge in [-0.15, -0.1) is 0 Å². The van der Waals surface area contributed by atoms with E-state index in [0.717, 1.165) is 24.1 Å². The minimum absolute atomic E-state index is 0.179. The fraction of sp³-hybridized carbons (Fsp3) is 0.368. The third-order valence-corrected chi connectivity index (χ3v) is 5.22. The largest absolute Gasteiger partial charge is 0.367 e. The van der Waals surface area contributed by atoms with Gasteiger partial charge in [-0.25, -0.2) is 0 Å². The van der Waals surface area contributed by atoms with E-state index in [1.165, 1.54) is 11.1 Å². The molecule has 24 heavy (non-hydrogen) atoms. The van der Waals surface area contributed by atoms with Crippen LogP contribution in [0.15, 0.2) is 42.5 Å². The monoisotopic (exact) mass is 324 g/mol. The van der Waals surface area contributed by atoms with Crippen molar-refractivity contribution in [1.82, 2.24) is 0 Å². The highest BCUT2D eigenvalue weighted by Gasteiger charge is 2.44. The third-order valence-electron chi connectivity index (χ3n) is 5.22. The molecule has 1 spiro atoms. The van der Waals surface area contributed by atoms with E-state index in [-0.39, 0.29) is 16.2 Å². The molecule has 1 saturated heterocycles. The van der Waals surface area contributed by atoms with Gasteiger partial charge in [0.25, 0.3) is 5.69 Å². The maximum atomic E-state index is 11.5. The molecule has 1 unspecified atom stereocenters. The second kappa shape index (κ2) is 5.60. The van der Waals surface area contributed by atoms with Gasteiger partial charge >= 0.3 is 0 Å². The second-order valence-electron chi connectivity index (χ2n) is 6.62. The van der Waals surface area contributed by atoms with Crippen LogP contribution in [-0.4, -0.2) is 24.6 Å². The summed E-state index contributed by atoms with van der Waals surface area (Å²) in [5, 5.41) is 11.5. The van der Waals surface area contributed by atoms with Crippen molar-refractivity contribution in [2.24, 2.45) is 0 Å². The van der Waals surface area contributed by atoms with E-state index in [4.69, 9.17) is 4.74 Å². The average Bonchev–Trinajstić information content (AvgIpc) is 2.93. The van der Waals surface area contributed by atoms with Gasteiger partial charge in [0.05, 0.1) is 18.1 Å². The highest BCUT2D eigenvalue weighted by atomic mass is 16.6. The first-order valence-electron chi connectivity index (χ1n) is 8.32. The van der Waals surface area contributed by atoms with Crippen molar-refractivity contribution in [1.29, 1.82) is 0 Å². The van der Waals surface area contributed by atoms with Gasteiger partial charge in [-0.1, -0.05) is 36.4 Å². The number of fused-ring (bicyclic) bond motifs is 2. The lowest BCUT2D eigenvalue weighted by Gasteiger charge is -2.42. The van der Waals surface area contributed by atoms with Gasteiger partial charge in [0.2, 0.25) is 0 Å². The van der Waals surface area contributed by atoms with Crippen molar-refractivity contribution >= 4 is 11.4 Å². The number of nitro benzene ring substituents is 1. The van der Waals surface area contributed by atoms with Crippen molar-refractivity contribution < 1.29 is 9.66 Å². The zero-order valence-corrected chi connectivity index (χ0v) is 13.7. The van der Waals surface area contributed by atoms with Crippen LogP contribution in [0.2, 0.25) is 0 Å². The molecule has 0 aromatic heterocycles. The Balaban J connectivity index is 1.74. The van der Waals surface area contributed by atoms with Crippen LogP contribution in [0.4, 0.5) is 11.4 Å². The SMILES string of the molecule is Cc1cccc([N+](=O)[O-])c1N1CCOC2(CCc3ccccc32)C1. The molecule has 4 rings (SSSR count).